The van der Waals surface area contributed by atoms with Crippen molar-refractivity contribution in [2.45, 2.75) is 31.7 Å². The Bertz CT molecular complexity index is 464. The summed E-state index contributed by atoms with van der Waals surface area (Å²) in [6, 6.07) is 0.0366. The molecule has 1 fully saturated rings. The van der Waals surface area contributed by atoms with Crippen molar-refractivity contribution in [3.63, 3.8) is 0 Å². The van der Waals surface area contributed by atoms with Crippen molar-refractivity contribution in [2.75, 3.05) is 5.32 Å². The van der Waals surface area contributed by atoms with Gasteiger partial charge in [-0.3, -0.25) is 10.00 Å². The third-order valence-electron chi connectivity index (χ3n) is 3.13. The first-order valence-electron chi connectivity index (χ1n) is 5.97. The van der Waals surface area contributed by atoms with E-state index in [-0.39, 0.29) is 17.1 Å². The van der Waals surface area contributed by atoms with E-state index in [1.54, 1.807) is 17.9 Å². The number of carbonyl (C=O) groups is 1. The molecule has 0 radical (unpaired) electrons. The van der Waals surface area contributed by atoms with E-state index in [9.17, 15) is 4.79 Å². The summed E-state index contributed by atoms with van der Waals surface area (Å²) in [7, 11) is 1.73. The summed E-state index contributed by atoms with van der Waals surface area (Å²) in [5.41, 5.74) is 6.15. The molecule has 1 aliphatic rings. The van der Waals surface area contributed by atoms with Gasteiger partial charge in [0.25, 0.3) is 0 Å². The maximum atomic E-state index is 11.8. The Balaban J connectivity index is 2.01. The lowest BCUT2D eigenvalue weighted by Crippen LogP contribution is -2.37. The molecule has 0 aromatic carbocycles. The Morgan fingerprint density at radius 2 is 2.22 bits per heavy atom. The fraction of sp³-hybridized carbons (Fsp3) is 0.545. The van der Waals surface area contributed by atoms with Crippen LogP contribution in [0.25, 0.3) is 0 Å². The smallest absolute Gasteiger partial charge is 0.320 e. The lowest BCUT2D eigenvalue weighted by atomic mass is 10.2. The van der Waals surface area contributed by atoms with Crippen molar-refractivity contribution < 1.29 is 4.79 Å². The second kappa shape index (κ2) is 5.34. The molecule has 1 aliphatic carbocycles. The number of anilines is 1. The van der Waals surface area contributed by atoms with Crippen molar-refractivity contribution in [1.29, 1.82) is 0 Å². The molecule has 1 aromatic heterocycles. The standard InChI is InChI=1S/C11H17N5OS/c1-16-10(8(6-13-16)9(12)18)15-11(17)14-7-4-2-3-5-7/h6-7H,2-5H2,1H3,(H2,12,18)(H2,14,15,17). The first-order valence-corrected chi connectivity index (χ1v) is 6.38. The predicted octanol–water partition coefficient (Wildman–Crippen LogP) is 1.12. The number of nitrogens with two attached hydrogens (primary N) is 1. The zero-order chi connectivity index (χ0) is 13.1. The van der Waals surface area contributed by atoms with Gasteiger partial charge in [-0.25, -0.2) is 4.79 Å². The van der Waals surface area contributed by atoms with Gasteiger partial charge in [0, 0.05) is 13.1 Å². The fourth-order valence-electron chi connectivity index (χ4n) is 2.17. The molecule has 0 spiro atoms. The van der Waals surface area contributed by atoms with Gasteiger partial charge in [0.1, 0.15) is 10.8 Å². The highest BCUT2D eigenvalue weighted by molar-refractivity contribution is 7.80. The molecule has 1 aromatic rings. The number of urea groups is 1. The van der Waals surface area contributed by atoms with E-state index in [4.69, 9.17) is 18.0 Å². The summed E-state index contributed by atoms with van der Waals surface area (Å²) in [6.07, 6.45) is 5.99. The summed E-state index contributed by atoms with van der Waals surface area (Å²) in [5, 5.41) is 9.71. The quantitative estimate of drug-likeness (QED) is 0.716. The Labute approximate surface area is 111 Å². The molecule has 0 atom stereocenters. The van der Waals surface area contributed by atoms with Crippen LogP contribution in [-0.4, -0.2) is 26.8 Å². The number of rotatable bonds is 3. The van der Waals surface area contributed by atoms with Crippen LogP contribution < -0.4 is 16.4 Å². The van der Waals surface area contributed by atoms with E-state index >= 15 is 0 Å². The number of nitrogens with zero attached hydrogens (tertiary/aromatic N) is 2. The number of hydrogen-bond donors (Lipinski definition) is 3. The van der Waals surface area contributed by atoms with Gasteiger partial charge in [-0.15, -0.1) is 0 Å². The zero-order valence-corrected chi connectivity index (χ0v) is 11.1. The van der Waals surface area contributed by atoms with Gasteiger partial charge in [0.05, 0.1) is 11.8 Å². The van der Waals surface area contributed by atoms with Crippen LogP contribution in [0, 0.1) is 0 Å². The average molecular weight is 267 g/mol. The molecule has 98 valence electrons. The summed E-state index contributed by atoms with van der Waals surface area (Å²) in [6.45, 7) is 0. The summed E-state index contributed by atoms with van der Waals surface area (Å²) >= 11 is 4.91. The van der Waals surface area contributed by atoms with Crippen molar-refractivity contribution in [3.8, 4) is 0 Å². The van der Waals surface area contributed by atoms with Crippen LogP contribution in [0.1, 0.15) is 31.2 Å². The minimum atomic E-state index is -0.233. The first-order chi connectivity index (χ1) is 8.58. The highest BCUT2D eigenvalue weighted by Crippen LogP contribution is 2.18. The van der Waals surface area contributed by atoms with Gasteiger partial charge in [-0.1, -0.05) is 25.1 Å². The van der Waals surface area contributed by atoms with E-state index in [0.717, 1.165) is 12.8 Å². The first kappa shape index (κ1) is 12.8. The summed E-state index contributed by atoms with van der Waals surface area (Å²) < 4.78 is 1.54. The minimum Gasteiger partial charge on any atom is -0.389 e. The van der Waals surface area contributed by atoms with Gasteiger partial charge >= 0.3 is 6.03 Å². The molecule has 0 aliphatic heterocycles. The minimum absolute atomic E-state index is 0.222. The third-order valence-corrected chi connectivity index (χ3v) is 3.35. The van der Waals surface area contributed by atoms with Gasteiger partial charge < -0.3 is 11.1 Å². The van der Waals surface area contributed by atoms with Crippen LogP contribution in [0.5, 0.6) is 0 Å². The Kier molecular flexibility index (Phi) is 3.81. The maximum absolute atomic E-state index is 11.8. The predicted molar refractivity (Wildman–Crippen MR) is 73.5 cm³/mol. The second-order valence-corrected chi connectivity index (χ2v) is 4.91. The van der Waals surface area contributed by atoms with Gasteiger partial charge in [0.2, 0.25) is 0 Å². The van der Waals surface area contributed by atoms with Gasteiger partial charge in [0.15, 0.2) is 0 Å². The van der Waals surface area contributed by atoms with Crippen molar-refractivity contribution in [2.24, 2.45) is 12.8 Å². The number of aromatic nitrogens is 2. The van der Waals surface area contributed by atoms with E-state index in [1.165, 1.54) is 12.8 Å². The van der Waals surface area contributed by atoms with E-state index in [2.05, 4.69) is 15.7 Å². The van der Waals surface area contributed by atoms with Gasteiger partial charge in [-0.05, 0) is 12.8 Å². The highest BCUT2D eigenvalue weighted by atomic mass is 32.1. The van der Waals surface area contributed by atoms with Gasteiger partial charge in [-0.2, -0.15) is 5.10 Å². The largest absolute Gasteiger partial charge is 0.389 e. The monoisotopic (exact) mass is 267 g/mol. The van der Waals surface area contributed by atoms with Crippen molar-refractivity contribution >= 4 is 29.1 Å². The summed E-state index contributed by atoms with van der Waals surface area (Å²) in [5.74, 6) is 0.526. The normalized spacial score (nSPS) is 15.6. The highest BCUT2D eigenvalue weighted by Gasteiger charge is 2.19. The van der Waals surface area contributed by atoms with Crippen molar-refractivity contribution in [1.82, 2.24) is 15.1 Å². The van der Waals surface area contributed by atoms with E-state index in [0.29, 0.717) is 11.4 Å². The molecule has 1 saturated carbocycles. The Morgan fingerprint density at radius 1 is 1.56 bits per heavy atom. The molecular formula is C11H17N5OS. The molecule has 2 amide bonds. The molecule has 2 rings (SSSR count). The molecule has 0 unspecified atom stereocenters. The fourth-order valence-corrected chi connectivity index (χ4v) is 2.31. The topological polar surface area (TPSA) is 85.0 Å². The van der Waals surface area contributed by atoms with Crippen LogP contribution in [0.3, 0.4) is 0 Å². The second-order valence-electron chi connectivity index (χ2n) is 4.47. The van der Waals surface area contributed by atoms with Crippen molar-refractivity contribution in [3.05, 3.63) is 11.8 Å². The molecule has 1 heterocycles. The van der Waals surface area contributed by atoms with E-state index < -0.39 is 0 Å². The molecule has 0 saturated heterocycles. The molecule has 7 heteroatoms. The van der Waals surface area contributed by atoms with Crippen LogP contribution in [-0.2, 0) is 7.05 Å². The average Bonchev–Trinajstić information content (AvgIpc) is 2.90. The SMILES string of the molecule is Cn1ncc(C(N)=S)c1NC(=O)NC1CCCC1. The molecule has 4 N–H and O–H groups in total. The number of nitrogens with one attached hydrogen (secondary N) is 2. The number of carbonyl (C=O) groups excluding carboxylic acids is 1. The number of amides is 2. The molecule has 6 nitrogen and oxygen atoms in total. The van der Waals surface area contributed by atoms with Crippen LogP contribution in [0.15, 0.2) is 6.20 Å². The Morgan fingerprint density at radius 3 is 2.83 bits per heavy atom. The zero-order valence-electron chi connectivity index (χ0n) is 10.3. The van der Waals surface area contributed by atoms with Crippen LogP contribution in [0.4, 0.5) is 10.6 Å². The lowest BCUT2D eigenvalue weighted by molar-refractivity contribution is 0.248. The Hall–Kier alpha value is -1.63. The number of aryl methyl sites for hydroxylation is 1. The lowest BCUT2D eigenvalue weighted by Gasteiger charge is -2.13. The third kappa shape index (κ3) is 2.79. The van der Waals surface area contributed by atoms with E-state index in [1.807, 2.05) is 0 Å². The molecule has 18 heavy (non-hydrogen) atoms. The van der Waals surface area contributed by atoms with Crippen LogP contribution in [0.2, 0.25) is 0 Å². The molecular weight excluding hydrogens is 250 g/mol. The molecule has 0 bridgehead atoms. The van der Waals surface area contributed by atoms with Crippen LogP contribution >= 0.6 is 12.2 Å². The maximum Gasteiger partial charge on any atom is 0.320 e. The summed E-state index contributed by atoms with van der Waals surface area (Å²) in [4.78, 5) is 12.1. The number of hydrogen-bond acceptors (Lipinski definition) is 3. The number of thiocarbonyl (C=S) groups is 1.